The van der Waals surface area contributed by atoms with Crippen molar-refractivity contribution in [2.75, 3.05) is 7.11 Å². The maximum absolute atomic E-state index is 13.3. The van der Waals surface area contributed by atoms with Crippen LogP contribution in [0.2, 0.25) is 0 Å². The summed E-state index contributed by atoms with van der Waals surface area (Å²) in [5, 5.41) is 8.53. The molecule has 0 atom stereocenters. The fourth-order valence-electron chi connectivity index (χ4n) is 1.27. The summed E-state index contributed by atoms with van der Waals surface area (Å²) < 4.78 is 18.8. The molecule has 0 aromatic heterocycles. The number of carbonyl (C=O) groups is 1. The minimum absolute atomic E-state index is 0.0494. The van der Waals surface area contributed by atoms with Gasteiger partial charge in [-0.1, -0.05) is 15.9 Å². The molecule has 15 heavy (non-hydrogen) atoms. The van der Waals surface area contributed by atoms with Gasteiger partial charge in [0.1, 0.15) is 0 Å². The van der Waals surface area contributed by atoms with Crippen LogP contribution in [0.15, 0.2) is 16.6 Å². The normalized spacial score (nSPS) is 10.1. The second kappa shape index (κ2) is 5.11. The number of aliphatic carboxylic acids is 1. The fraction of sp³-hybridized carbons (Fsp3) is 0.300. The summed E-state index contributed by atoms with van der Waals surface area (Å²) in [5.74, 6) is -1.30. The molecule has 0 spiro atoms. The standard InChI is InChI=1S/C10H10BrFO3/c1-15-10-6(2-3-9(13)14)4-7(11)5-8(10)12/h4-5H,2-3H2,1H3,(H,13,14). The highest BCUT2D eigenvalue weighted by Gasteiger charge is 2.11. The summed E-state index contributed by atoms with van der Waals surface area (Å²) in [6, 6.07) is 2.94. The van der Waals surface area contributed by atoms with E-state index in [0.717, 1.165) is 0 Å². The molecule has 0 heterocycles. The zero-order chi connectivity index (χ0) is 11.4. The third-order valence-electron chi connectivity index (χ3n) is 1.90. The van der Waals surface area contributed by atoms with Crippen LogP contribution in [-0.2, 0) is 11.2 Å². The van der Waals surface area contributed by atoms with Crippen molar-refractivity contribution in [2.24, 2.45) is 0 Å². The van der Waals surface area contributed by atoms with Crippen LogP contribution in [0.25, 0.3) is 0 Å². The molecule has 0 aliphatic heterocycles. The third kappa shape index (κ3) is 3.20. The van der Waals surface area contributed by atoms with Crippen molar-refractivity contribution < 1.29 is 19.0 Å². The molecule has 1 aromatic carbocycles. The van der Waals surface area contributed by atoms with Gasteiger partial charge in [0.05, 0.1) is 7.11 Å². The molecular formula is C10H10BrFO3. The second-order valence-electron chi connectivity index (χ2n) is 2.97. The second-order valence-corrected chi connectivity index (χ2v) is 3.89. The van der Waals surface area contributed by atoms with E-state index in [1.165, 1.54) is 13.2 Å². The number of carboxylic acids is 1. The molecule has 3 nitrogen and oxygen atoms in total. The Balaban J connectivity index is 2.98. The first-order chi connectivity index (χ1) is 7.04. The number of aryl methyl sites for hydroxylation is 1. The molecule has 0 radical (unpaired) electrons. The number of ether oxygens (including phenoxy) is 1. The van der Waals surface area contributed by atoms with Crippen LogP contribution >= 0.6 is 15.9 Å². The predicted molar refractivity (Wildman–Crippen MR) is 56.6 cm³/mol. The molecule has 0 amide bonds. The number of hydrogen-bond acceptors (Lipinski definition) is 2. The van der Waals surface area contributed by atoms with Gasteiger partial charge in [-0.15, -0.1) is 0 Å². The van der Waals surface area contributed by atoms with Gasteiger partial charge in [0.15, 0.2) is 11.6 Å². The zero-order valence-corrected chi connectivity index (χ0v) is 9.67. The number of benzene rings is 1. The van der Waals surface area contributed by atoms with Gasteiger partial charge in [0, 0.05) is 10.9 Å². The summed E-state index contributed by atoms with van der Waals surface area (Å²) in [6.07, 6.45) is 0.196. The van der Waals surface area contributed by atoms with Crippen LogP contribution < -0.4 is 4.74 Å². The van der Waals surface area contributed by atoms with E-state index in [2.05, 4.69) is 15.9 Å². The summed E-state index contributed by atoms with van der Waals surface area (Å²) in [7, 11) is 1.36. The van der Waals surface area contributed by atoms with E-state index >= 15 is 0 Å². The Morgan fingerprint density at radius 1 is 1.60 bits per heavy atom. The highest BCUT2D eigenvalue weighted by Crippen LogP contribution is 2.27. The largest absolute Gasteiger partial charge is 0.493 e. The lowest BCUT2D eigenvalue weighted by atomic mass is 10.1. The molecule has 1 aromatic rings. The van der Waals surface area contributed by atoms with E-state index in [1.807, 2.05) is 0 Å². The van der Waals surface area contributed by atoms with Gasteiger partial charge >= 0.3 is 5.97 Å². The minimum atomic E-state index is -0.919. The Hall–Kier alpha value is -1.10. The third-order valence-corrected chi connectivity index (χ3v) is 2.36. The van der Waals surface area contributed by atoms with Gasteiger partial charge < -0.3 is 9.84 Å². The van der Waals surface area contributed by atoms with Gasteiger partial charge in [-0.2, -0.15) is 0 Å². The Labute approximate surface area is 95.0 Å². The fourth-order valence-corrected chi connectivity index (χ4v) is 1.75. The molecule has 0 unspecified atom stereocenters. The van der Waals surface area contributed by atoms with E-state index < -0.39 is 11.8 Å². The van der Waals surface area contributed by atoms with Crippen molar-refractivity contribution in [1.29, 1.82) is 0 Å². The van der Waals surface area contributed by atoms with Gasteiger partial charge in [-0.3, -0.25) is 4.79 Å². The van der Waals surface area contributed by atoms with Gasteiger partial charge in [0.2, 0.25) is 0 Å². The van der Waals surface area contributed by atoms with Crippen molar-refractivity contribution in [3.05, 3.63) is 28.0 Å². The topological polar surface area (TPSA) is 46.5 Å². The lowest BCUT2D eigenvalue weighted by molar-refractivity contribution is -0.136. The molecular weight excluding hydrogens is 267 g/mol. The van der Waals surface area contributed by atoms with Gasteiger partial charge in [-0.05, 0) is 24.1 Å². The highest BCUT2D eigenvalue weighted by atomic mass is 79.9. The number of halogens is 2. The van der Waals surface area contributed by atoms with E-state index in [4.69, 9.17) is 9.84 Å². The van der Waals surface area contributed by atoms with Crippen LogP contribution in [-0.4, -0.2) is 18.2 Å². The summed E-state index contributed by atoms with van der Waals surface area (Å²) in [5.41, 5.74) is 0.548. The van der Waals surface area contributed by atoms with Gasteiger partial charge in [0.25, 0.3) is 0 Å². The Kier molecular flexibility index (Phi) is 4.08. The van der Waals surface area contributed by atoms with E-state index in [-0.39, 0.29) is 18.6 Å². The minimum Gasteiger partial charge on any atom is -0.493 e. The summed E-state index contributed by atoms with van der Waals surface area (Å²) in [6.45, 7) is 0. The lowest BCUT2D eigenvalue weighted by Gasteiger charge is -2.09. The average molecular weight is 277 g/mol. The first kappa shape index (κ1) is 12.0. The maximum atomic E-state index is 13.3. The first-order valence-electron chi connectivity index (χ1n) is 4.28. The number of methoxy groups -OCH3 is 1. The van der Waals surface area contributed by atoms with Crippen LogP contribution in [0.3, 0.4) is 0 Å². The molecule has 5 heteroatoms. The summed E-state index contributed by atoms with van der Waals surface area (Å²) in [4.78, 5) is 10.4. The Morgan fingerprint density at radius 3 is 2.80 bits per heavy atom. The molecule has 0 aliphatic rings. The lowest BCUT2D eigenvalue weighted by Crippen LogP contribution is -2.01. The molecule has 0 aliphatic carbocycles. The van der Waals surface area contributed by atoms with Crippen molar-refractivity contribution >= 4 is 21.9 Å². The zero-order valence-electron chi connectivity index (χ0n) is 8.09. The van der Waals surface area contributed by atoms with Gasteiger partial charge in [-0.25, -0.2) is 4.39 Å². The number of hydrogen-bond donors (Lipinski definition) is 1. The quantitative estimate of drug-likeness (QED) is 0.920. The molecule has 0 saturated carbocycles. The summed E-state index contributed by atoms with van der Waals surface area (Å²) >= 11 is 3.14. The highest BCUT2D eigenvalue weighted by molar-refractivity contribution is 9.10. The van der Waals surface area contributed by atoms with Crippen LogP contribution in [0.4, 0.5) is 4.39 Å². The molecule has 0 fully saturated rings. The Bertz CT molecular complexity index is 379. The van der Waals surface area contributed by atoms with Crippen molar-refractivity contribution in [2.45, 2.75) is 12.8 Å². The van der Waals surface area contributed by atoms with E-state index in [1.54, 1.807) is 6.07 Å². The molecule has 1 N–H and O–H groups in total. The predicted octanol–water partition coefficient (Wildman–Crippen LogP) is 2.61. The molecule has 0 saturated heterocycles. The van der Waals surface area contributed by atoms with E-state index in [0.29, 0.717) is 10.0 Å². The van der Waals surface area contributed by atoms with Crippen molar-refractivity contribution in [3.63, 3.8) is 0 Å². The molecule has 82 valence electrons. The smallest absolute Gasteiger partial charge is 0.303 e. The average Bonchev–Trinajstić information content (AvgIpc) is 2.13. The van der Waals surface area contributed by atoms with Crippen LogP contribution in [0, 0.1) is 5.82 Å². The number of carboxylic acid groups (broad SMARTS) is 1. The maximum Gasteiger partial charge on any atom is 0.303 e. The molecule has 0 bridgehead atoms. The van der Waals surface area contributed by atoms with Crippen molar-refractivity contribution in [3.8, 4) is 5.75 Å². The van der Waals surface area contributed by atoms with E-state index in [9.17, 15) is 9.18 Å². The van der Waals surface area contributed by atoms with Crippen LogP contribution in [0.5, 0.6) is 5.75 Å². The van der Waals surface area contributed by atoms with Crippen molar-refractivity contribution in [1.82, 2.24) is 0 Å². The number of rotatable bonds is 4. The SMILES string of the molecule is COc1c(F)cc(Br)cc1CCC(=O)O. The molecule has 1 rings (SSSR count). The Morgan fingerprint density at radius 2 is 2.27 bits per heavy atom. The first-order valence-corrected chi connectivity index (χ1v) is 5.07. The monoisotopic (exact) mass is 276 g/mol. The van der Waals surface area contributed by atoms with Crippen LogP contribution in [0.1, 0.15) is 12.0 Å².